The van der Waals surface area contributed by atoms with Crippen molar-refractivity contribution >= 4 is 50.7 Å². The molecule has 0 saturated heterocycles. The standard InChI is InChI=1S/C32H32N4O5S2/c1-4-41-28-16-14-27(15-17-28)36(43(39,40)30-20-18-29(42-3)19-21-30)22-31(37)35-34-23(2)24-10-12-26(13-11-24)33-32(38)25-8-6-5-7-9-25/h5-21H,4,22H2,1-3H3,(H,33,38)(H,35,37)/b34-23-. The van der Waals surface area contributed by atoms with E-state index in [1.165, 1.54) is 23.9 Å². The summed E-state index contributed by atoms with van der Waals surface area (Å²) in [5.74, 6) is -0.259. The predicted octanol–water partition coefficient (Wildman–Crippen LogP) is 5.80. The fourth-order valence-corrected chi connectivity index (χ4v) is 5.86. The topological polar surface area (TPSA) is 117 Å². The molecule has 0 aliphatic carbocycles. The molecule has 0 unspecified atom stereocenters. The monoisotopic (exact) mass is 616 g/mol. The van der Waals surface area contributed by atoms with Crippen LogP contribution in [0.3, 0.4) is 0 Å². The van der Waals surface area contributed by atoms with Crippen molar-refractivity contribution in [3.8, 4) is 5.75 Å². The number of hydrazone groups is 1. The van der Waals surface area contributed by atoms with Gasteiger partial charge in [0, 0.05) is 16.1 Å². The van der Waals surface area contributed by atoms with Gasteiger partial charge in [-0.2, -0.15) is 5.10 Å². The molecule has 11 heteroatoms. The summed E-state index contributed by atoms with van der Waals surface area (Å²) in [6.07, 6.45) is 1.90. The molecule has 9 nitrogen and oxygen atoms in total. The number of nitrogens with zero attached hydrogens (tertiary/aromatic N) is 2. The lowest BCUT2D eigenvalue weighted by atomic mass is 10.1. The van der Waals surface area contributed by atoms with Gasteiger partial charge in [-0.15, -0.1) is 11.8 Å². The Balaban J connectivity index is 1.48. The van der Waals surface area contributed by atoms with Gasteiger partial charge in [0.25, 0.3) is 21.8 Å². The summed E-state index contributed by atoms with van der Waals surface area (Å²) in [5.41, 5.74) is 5.14. The number of nitrogens with one attached hydrogen (secondary N) is 2. The van der Waals surface area contributed by atoms with Crippen molar-refractivity contribution in [2.45, 2.75) is 23.6 Å². The summed E-state index contributed by atoms with van der Waals surface area (Å²) in [7, 11) is -4.09. The maximum Gasteiger partial charge on any atom is 0.264 e. The molecule has 0 aliphatic heterocycles. The van der Waals surface area contributed by atoms with Crippen LogP contribution in [0, 0.1) is 0 Å². The summed E-state index contributed by atoms with van der Waals surface area (Å²) in [5, 5.41) is 7.02. The molecule has 0 fully saturated rings. The minimum atomic E-state index is -4.09. The Kier molecular flexibility index (Phi) is 10.6. The van der Waals surface area contributed by atoms with Crippen molar-refractivity contribution in [2.24, 2.45) is 5.10 Å². The number of benzene rings is 4. The number of rotatable bonds is 12. The smallest absolute Gasteiger partial charge is 0.264 e. The molecule has 43 heavy (non-hydrogen) atoms. The van der Waals surface area contributed by atoms with Crippen molar-refractivity contribution in [1.82, 2.24) is 5.43 Å². The molecule has 0 atom stereocenters. The average Bonchev–Trinajstić information content (AvgIpc) is 3.03. The highest BCUT2D eigenvalue weighted by Crippen LogP contribution is 2.27. The van der Waals surface area contributed by atoms with Crippen molar-refractivity contribution < 1.29 is 22.7 Å². The highest BCUT2D eigenvalue weighted by Gasteiger charge is 2.27. The molecule has 0 saturated carbocycles. The van der Waals surface area contributed by atoms with Gasteiger partial charge >= 0.3 is 0 Å². The third-order valence-corrected chi connectivity index (χ3v) is 8.85. The van der Waals surface area contributed by atoms with E-state index in [4.69, 9.17) is 4.74 Å². The molecule has 2 amide bonds. The number of thioether (sulfide) groups is 1. The molecule has 0 heterocycles. The fraction of sp³-hybridized carbons (Fsp3) is 0.156. The second-order valence-corrected chi connectivity index (χ2v) is 12.0. The largest absolute Gasteiger partial charge is 0.494 e. The minimum Gasteiger partial charge on any atom is -0.494 e. The van der Waals surface area contributed by atoms with Gasteiger partial charge < -0.3 is 10.1 Å². The number of hydrogen-bond donors (Lipinski definition) is 2. The maximum absolute atomic E-state index is 13.7. The van der Waals surface area contributed by atoms with Gasteiger partial charge in [-0.3, -0.25) is 13.9 Å². The first-order valence-electron chi connectivity index (χ1n) is 13.4. The van der Waals surface area contributed by atoms with Gasteiger partial charge in [-0.05, 0) is 98.5 Å². The molecule has 0 radical (unpaired) electrons. The minimum absolute atomic E-state index is 0.0612. The van der Waals surface area contributed by atoms with Gasteiger partial charge in [-0.25, -0.2) is 13.8 Å². The molecule has 4 aromatic rings. The van der Waals surface area contributed by atoms with E-state index in [2.05, 4.69) is 15.8 Å². The van der Waals surface area contributed by atoms with Crippen molar-refractivity contribution in [2.75, 3.05) is 29.0 Å². The highest BCUT2D eigenvalue weighted by molar-refractivity contribution is 7.98. The summed E-state index contributed by atoms with van der Waals surface area (Å²) in [6.45, 7) is 3.54. The van der Waals surface area contributed by atoms with E-state index in [9.17, 15) is 18.0 Å². The second kappa shape index (κ2) is 14.5. The van der Waals surface area contributed by atoms with Gasteiger partial charge in [0.05, 0.1) is 22.9 Å². The summed E-state index contributed by atoms with van der Waals surface area (Å²) in [6, 6.07) is 28.9. The van der Waals surface area contributed by atoms with Crippen LogP contribution in [-0.4, -0.2) is 45.4 Å². The Morgan fingerprint density at radius 2 is 1.51 bits per heavy atom. The third-order valence-electron chi connectivity index (χ3n) is 6.32. The first-order valence-corrected chi connectivity index (χ1v) is 16.1. The zero-order valence-electron chi connectivity index (χ0n) is 24.0. The molecule has 0 aromatic heterocycles. The van der Waals surface area contributed by atoms with Crippen LogP contribution in [-0.2, 0) is 14.8 Å². The number of anilines is 2. The van der Waals surface area contributed by atoms with Crippen LogP contribution >= 0.6 is 11.8 Å². The van der Waals surface area contributed by atoms with E-state index in [1.54, 1.807) is 91.9 Å². The van der Waals surface area contributed by atoms with E-state index in [0.29, 0.717) is 40.6 Å². The SMILES string of the molecule is CCOc1ccc(N(CC(=O)N/N=C(/C)c2ccc(NC(=O)c3ccccc3)cc2)S(=O)(=O)c2ccc(SC)cc2)cc1. The van der Waals surface area contributed by atoms with Crippen LogP contribution in [0.4, 0.5) is 11.4 Å². The predicted molar refractivity (Wildman–Crippen MR) is 172 cm³/mol. The first kappa shape index (κ1) is 31.3. The first-order chi connectivity index (χ1) is 20.7. The second-order valence-electron chi connectivity index (χ2n) is 9.24. The van der Waals surface area contributed by atoms with Gasteiger partial charge in [0.15, 0.2) is 0 Å². The van der Waals surface area contributed by atoms with E-state index < -0.39 is 22.5 Å². The third kappa shape index (κ3) is 8.24. The van der Waals surface area contributed by atoms with Crippen LogP contribution in [0.25, 0.3) is 0 Å². The van der Waals surface area contributed by atoms with E-state index in [0.717, 1.165) is 9.20 Å². The summed E-state index contributed by atoms with van der Waals surface area (Å²) in [4.78, 5) is 26.4. The lowest BCUT2D eigenvalue weighted by Gasteiger charge is -2.24. The van der Waals surface area contributed by atoms with Gasteiger partial charge in [0.1, 0.15) is 12.3 Å². The van der Waals surface area contributed by atoms with Crippen LogP contribution in [0.2, 0.25) is 0 Å². The molecule has 222 valence electrons. The Bertz CT molecular complexity index is 1670. The van der Waals surface area contributed by atoms with Gasteiger partial charge in [0.2, 0.25) is 0 Å². The van der Waals surface area contributed by atoms with Crippen LogP contribution < -0.4 is 19.8 Å². The Hall–Kier alpha value is -4.61. The van der Waals surface area contributed by atoms with Crippen LogP contribution in [0.5, 0.6) is 5.75 Å². The number of amides is 2. The molecule has 0 bridgehead atoms. The molecule has 0 spiro atoms. The Morgan fingerprint density at radius 3 is 2.12 bits per heavy atom. The van der Waals surface area contributed by atoms with E-state index >= 15 is 0 Å². The molecule has 4 rings (SSSR count). The van der Waals surface area contributed by atoms with Crippen LogP contribution in [0.1, 0.15) is 29.8 Å². The van der Waals surface area contributed by atoms with E-state index in [-0.39, 0.29) is 10.8 Å². The number of carbonyl (C=O) groups excluding carboxylic acids is 2. The lowest BCUT2D eigenvalue weighted by Crippen LogP contribution is -2.39. The summed E-state index contributed by atoms with van der Waals surface area (Å²) < 4.78 is 33.9. The maximum atomic E-state index is 13.7. The number of carbonyl (C=O) groups is 2. The van der Waals surface area contributed by atoms with E-state index in [1.807, 2.05) is 19.2 Å². The summed E-state index contributed by atoms with van der Waals surface area (Å²) >= 11 is 1.50. The zero-order valence-corrected chi connectivity index (χ0v) is 25.6. The molecule has 4 aromatic carbocycles. The quantitative estimate of drug-likeness (QED) is 0.118. The number of hydrogen-bond acceptors (Lipinski definition) is 7. The Labute approximate surface area is 256 Å². The Morgan fingerprint density at radius 1 is 0.860 bits per heavy atom. The lowest BCUT2D eigenvalue weighted by molar-refractivity contribution is -0.119. The molecule has 0 aliphatic rings. The normalized spacial score (nSPS) is 11.5. The molecular formula is C32H32N4O5S2. The fourth-order valence-electron chi connectivity index (χ4n) is 4.03. The van der Waals surface area contributed by atoms with Crippen molar-refractivity contribution in [3.63, 3.8) is 0 Å². The average molecular weight is 617 g/mol. The highest BCUT2D eigenvalue weighted by atomic mass is 32.2. The van der Waals surface area contributed by atoms with Crippen LogP contribution in [0.15, 0.2) is 118 Å². The zero-order chi connectivity index (χ0) is 30.8. The van der Waals surface area contributed by atoms with Crippen molar-refractivity contribution in [3.05, 3.63) is 114 Å². The number of sulfonamides is 1. The molecule has 2 N–H and O–H groups in total. The molecular weight excluding hydrogens is 585 g/mol. The van der Waals surface area contributed by atoms with Crippen molar-refractivity contribution in [1.29, 1.82) is 0 Å². The number of ether oxygens (including phenoxy) is 1. The van der Waals surface area contributed by atoms with Gasteiger partial charge in [-0.1, -0.05) is 30.3 Å².